The van der Waals surface area contributed by atoms with E-state index in [0.717, 1.165) is 22.2 Å². The number of carbonyl (C=O) groups is 1. The third kappa shape index (κ3) is 2.98. The fraction of sp³-hybridized carbons (Fsp3) is 0.182. The van der Waals surface area contributed by atoms with Gasteiger partial charge in [-0.1, -0.05) is 35.9 Å². The van der Waals surface area contributed by atoms with Crippen LogP contribution in [0.5, 0.6) is 0 Å². The number of fused-ring (bicyclic) bond motifs is 2. The molecule has 2 aromatic carbocycles. The normalized spacial score (nSPS) is 15.7. The van der Waals surface area contributed by atoms with Gasteiger partial charge in [0.1, 0.15) is 11.0 Å². The summed E-state index contributed by atoms with van der Waals surface area (Å²) >= 11 is 6.42. The maximum Gasteiger partial charge on any atom is 0.255 e. The van der Waals surface area contributed by atoms with E-state index in [1.165, 1.54) is 6.07 Å². The Labute approximate surface area is 176 Å². The lowest BCUT2D eigenvalue weighted by molar-refractivity contribution is 0.0708. The van der Waals surface area contributed by atoms with Crippen molar-refractivity contribution in [3.8, 4) is 0 Å². The summed E-state index contributed by atoms with van der Waals surface area (Å²) in [5.74, 6) is -0.0343. The Morgan fingerprint density at radius 3 is 2.70 bits per heavy atom. The number of H-pyrrole nitrogens is 1. The molecule has 3 heterocycles. The van der Waals surface area contributed by atoms with Crippen LogP contribution >= 0.6 is 11.6 Å². The molecule has 8 heteroatoms. The van der Waals surface area contributed by atoms with Crippen LogP contribution < -0.4 is 5.56 Å². The fourth-order valence-corrected chi connectivity index (χ4v) is 4.36. The highest BCUT2D eigenvalue weighted by molar-refractivity contribution is 6.31. The van der Waals surface area contributed by atoms with Gasteiger partial charge < -0.3 is 9.47 Å². The van der Waals surface area contributed by atoms with E-state index in [1.54, 1.807) is 17.7 Å². The number of halogens is 1. The molecule has 0 saturated carbocycles. The van der Waals surface area contributed by atoms with Crippen LogP contribution in [0, 0.1) is 0 Å². The van der Waals surface area contributed by atoms with Crippen molar-refractivity contribution >= 4 is 28.5 Å². The molecule has 7 nitrogen and oxygen atoms in total. The van der Waals surface area contributed by atoms with Crippen molar-refractivity contribution in [3.05, 3.63) is 92.4 Å². The van der Waals surface area contributed by atoms with Crippen LogP contribution in [-0.2, 0) is 20.0 Å². The summed E-state index contributed by atoms with van der Waals surface area (Å²) in [7, 11) is 1.70. The molecule has 1 amide bonds. The van der Waals surface area contributed by atoms with Gasteiger partial charge in [0.05, 0.1) is 11.1 Å². The Morgan fingerprint density at radius 1 is 1.03 bits per heavy atom. The third-order valence-electron chi connectivity index (χ3n) is 5.69. The first-order chi connectivity index (χ1) is 14.5. The minimum atomic E-state index is -0.229. The second-order valence-electron chi connectivity index (χ2n) is 7.41. The molecule has 0 radical (unpaired) electrons. The van der Waals surface area contributed by atoms with Gasteiger partial charge >= 0.3 is 0 Å². The van der Waals surface area contributed by atoms with E-state index in [4.69, 9.17) is 11.6 Å². The molecule has 1 aliphatic rings. The second kappa shape index (κ2) is 7.11. The molecule has 0 saturated heterocycles. The lowest BCUT2D eigenvalue weighted by Crippen LogP contribution is -2.30. The Bertz CT molecular complexity index is 1340. The van der Waals surface area contributed by atoms with E-state index in [1.807, 2.05) is 47.4 Å². The van der Waals surface area contributed by atoms with Gasteiger partial charge in [0.25, 0.3) is 11.5 Å². The van der Waals surface area contributed by atoms with E-state index in [2.05, 4.69) is 15.4 Å². The van der Waals surface area contributed by atoms with Crippen LogP contribution in [-0.4, -0.2) is 30.8 Å². The lowest BCUT2D eigenvalue weighted by atomic mass is 10.00. The van der Waals surface area contributed by atoms with Crippen molar-refractivity contribution in [2.24, 2.45) is 7.05 Å². The molecule has 1 N–H and O–H groups in total. The summed E-state index contributed by atoms with van der Waals surface area (Å²) in [5, 5.41) is 11.3. The van der Waals surface area contributed by atoms with Crippen molar-refractivity contribution in [2.45, 2.75) is 19.0 Å². The van der Waals surface area contributed by atoms with Crippen LogP contribution in [0.1, 0.15) is 33.2 Å². The monoisotopic (exact) mass is 419 g/mol. The number of hydrogen-bond donors (Lipinski definition) is 1. The number of nitrogens with zero attached hydrogens (tertiary/aromatic N) is 4. The average molecular weight is 420 g/mol. The number of hydrogen-bond acceptors (Lipinski definition) is 4. The number of aromatic amines is 1. The zero-order valence-electron chi connectivity index (χ0n) is 16.2. The number of rotatable bonds is 4. The zero-order valence-corrected chi connectivity index (χ0v) is 16.9. The third-order valence-corrected chi connectivity index (χ3v) is 6.04. The Kier molecular flexibility index (Phi) is 4.40. The quantitative estimate of drug-likeness (QED) is 0.550. The van der Waals surface area contributed by atoms with E-state index >= 15 is 0 Å². The van der Waals surface area contributed by atoms with E-state index < -0.39 is 0 Å². The molecule has 0 aliphatic carbocycles. The molecule has 1 atom stereocenters. The Balaban J connectivity index is 1.56. The van der Waals surface area contributed by atoms with E-state index in [0.29, 0.717) is 29.2 Å². The predicted molar refractivity (Wildman–Crippen MR) is 113 cm³/mol. The second-order valence-corrected chi connectivity index (χ2v) is 7.82. The number of nitrogens with one attached hydrogen (secondary N) is 1. The molecule has 4 aromatic rings. The maximum absolute atomic E-state index is 13.2. The van der Waals surface area contributed by atoms with Crippen LogP contribution in [0.2, 0.25) is 5.02 Å². The number of carbonyl (C=O) groups excluding carboxylic acids is 1. The molecule has 2 aromatic heterocycles. The Hall–Kier alpha value is -3.45. The summed E-state index contributed by atoms with van der Waals surface area (Å²) in [6.07, 6.45) is 0.445. The number of amides is 1. The van der Waals surface area contributed by atoms with Crippen molar-refractivity contribution in [1.82, 2.24) is 24.9 Å². The number of pyridine rings is 1. The van der Waals surface area contributed by atoms with Crippen LogP contribution in [0.3, 0.4) is 0 Å². The van der Waals surface area contributed by atoms with Gasteiger partial charge in [0.15, 0.2) is 0 Å². The SMILES string of the molecule is Cn1c(CC2c3ccccc3C(=O)N2Cc2ccc3n[nH]nc3c2)c(Cl)ccc1=O. The van der Waals surface area contributed by atoms with E-state index in [-0.39, 0.29) is 17.5 Å². The summed E-state index contributed by atoms with van der Waals surface area (Å²) in [6.45, 7) is 0.416. The molecule has 1 aliphatic heterocycles. The molecule has 30 heavy (non-hydrogen) atoms. The largest absolute Gasteiger partial charge is 0.327 e. The first-order valence-corrected chi connectivity index (χ1v) is 9.94. The van der Waals surface area contributed by atoms with Crippen LogP contribution in [0.4, 0.5) is 0 Å². The van der Waals surface area contributed by atoms with Crippen molar-refractivity contribution in [2.75, 3.05) is 0 Å². The molecular weight excluding hydrogens is 402 g/mol. The van der Waals surface area contributed by atoms with Gasteiger partial charge in [0, 0.05) is 37.3 Å². The average Bonchev–Trinajstić information content (AvgIpc) is 3.32. The summed E-state index contributed by atoms with van der Waals surface area (Å²) in [5.41, 5.74) is 4.68. The molecule has 0 bridgehead atoms. The molecule has 0 fully saturated rings. The highest BCUT2D eigenvalue weighted by Gasteiger charge is 2.37. The minimum Gasteiger partial charge on any atom is -0.327 e. The standard InChI is InChI=1S/C22H18ClN5O2/c1-27-20(16(23)7-9-21(27)29)11-19-14-4-2-3-5-15(14)22(30)28(19)12-13-6-8-17-18(10-13)25-26-24-17/h2-10,19H,11-12H2,1H3,(H,24,25,26). The lowest BCUT2D eigenvalue weighted by Gasteiger charge is -2.26. The molecule has 0 spiro atoms. The van der Waals surface area contributed by atoms with Gasteiger partial charge in [-0.15, -0.1) is 0 Å². The highest BCUT2D eigenvalue weighted by Crippen LogP contribution is 2.38. The highest BCUT2D eigenvalue weighted by atomic mass is 35.5. The maximum atomic E-state index is 13.2. The summed E-state index contributed by atoms with van der Waals surface area (Å²) in [6, 6.07) is 16.2. The topological polar surface area (TPSA) is 83.9 Å². The van der Waals surface area contributed by atoms with Gasteiger partial charge in [0.2, 0.25) is 0 Å². The van der Waals surface area contributed by atoms with Gasteiger partial charge in [-0.05, 0) is 35.4 Å². The van der Waals surface area contributed by atoms with Gasteiger partial charge in [-0.2, -0.15) is 15.4 Å². The number of benzene rings is 2. The van der Waals surface area contributed by atoms with Crippen molar-refractivity contribution < 1.29 is 4.79 Å². The fourth-order valence-electron chi connectivity index (χ4n) is 4.09. The van der Waals surface area contributed by atoms with Crippen LogP contribution in [0.25, 0.3) is 11.0 Å². The first-order valence-electron chi connectivity index (χ1n) is 9.56. The molecule has 150 valence electrons. The van der Waals surface area contributed by atoms with Gasteiger partial charge in [-0.25, -0.2) is 0 Å². The molecule has 5 rings (SSSR count). The first kappa shape index (κ1) is 18.6. The molecule has 1 unspecified atom stereocenters. The Morgan fingerprint density at radius 2 is 1.83 bits per heavy atom. The predicted octanol–water partition coefficient (Wildman–Crippen LogP) is 3.25. The smallest absolute Gasteiger partial charge is 0.255 e. The van der Waals surface area contributed by atoms with Crippen LogP contribution in [0.15, 0.2) is 59.4 Å². The van der Waals surface area contributed by atoms with Crippen molar-refractivity contribution in [1.29, 1.82) is 0 Å². The summed E-state index contributed by atoms with van der Waals surface area (Å²) in [4.78, 5) is 27.2. The van der Waals surface area contributed by atoms with Gasteiger partial charge in [-0.3, -0.25) is 9.59 Å². The van der Waals surface area contributed by atoms with Crippen molar-refractivity contribution in [3.63, 3.8) is 0 Å². The molecular formula is C22H18ClN5O2. The summed E-state index contributed by atoms with van der Waals surface area (Å²) < 4.78 is 1.55. The number of aromatic nitrogens is 4. The minimum absolute atomic E-state index is 0.0343. The zero-order chi connectivity index (χ0) is 20.8. The van der Waals surface area contributed by atoms with E-state index in [9.17, 15) is 9.59 Å².